The quantitative estimate of drug-likeness (QED) is 0.544. The Morgan fingerprint density at radius 2 is 1.79 bits per heavy atom. The van der Waals surface area contributed by atoms with Gasteiger partial charge in [0.15, 0.2) is 11.6 Å². The Labute approximate surface area is 162 Å². The highest BCUT2D eigenvalue weighted by Crippen LogP contribution is 2.29. The van der Waals surface area contributed by atoms with E-state index in [1.807, 2.05) is 35.9 Å². The van der Waals surface area contributed by atoms with Crippen molar-refractivity contribution in [2.24, 2.45) is 0 Å². The first-order valence-electron chi connectivity index (χ1n) is 9.53. The zero-order valence-corrected chi connectivity index (χ0v) is 15.7. The minimum Gasteiger partial charge on any atom is -0.355 e. The largest absolute Gasteiger partial charge is 0.355 e. The Morgan fingerprint density at radius 3 is 2.50 bits per heavy atom. The van der Waals surface area contributed by atoms with Gasteiger partial charge in [0.2, 0.25) is 0 Å². The Balaban J connectivity index is 1.29. The van der Waals surface area contributed by atoms with Crippen LogP contribution in [0, 0.1) is 12.7 Å². The molecule has 7 heteroatoms. The molecule has 1 aliphatic rings. The lowest BCUT2D eigenvalue weighted by molar-refractivity contribution is 0.403. The summed E-state index contributed by atoms with van der Waals surface area (Å²) < 4.78 is 17.7. The topological polar surface area (TPSA) is 51.8 Å². The summed E-state index contributed by atoms with van der Waals surface area (Å²) in [5, 5.41) is 9.83. The Morgan fingerprint density at radius 1 is 1.00 bits per heavy atom. The van der Waals surface area contributed by atoms with Crippen molar-refractivity contribution in [3.63, 3.8) is 0 Å². The van der Waals surface area contributed by atoms with Gasteiger partial charge in [-0.05, 0) is 61.5 Å². The number of rotatable bonds is 3. The van der Waals surface area contributed by atoms with Crippen LogP contribution < -0.4 is 4.90 Å². The molecule has 5 rings (SSSR count). The van der Waals surface area contributed by atoms with Crippen LogP contribution in [0.3, 0.4) is 0 Å². The average molecular weight is 376 g/mol. The van der Waals surface area contributed by atoms with Crippen LogP contribution in [0.2, 0.25) is 0 Å². The first kappa shape index (κ1) is 16.9. The number of halogens is 1. The molecule has 142 valence electrons. The van der Waals surface area contributed by atoms with Crippen molar-refractivity contribution in [3.05, 3.63) is 66.6 Å². The molecule has 1 aliphatic heterocycles. The van der Waals surface area contributed by atoms with Gasteiger partial charge in [0.1, 0.15) is 12.1 Å². The van der Waals surface area contributed by atoms with E-state index in [-0.39, 0.29) is 5.82 Å². The van der Waals surface area contributed by atoms with Crippen LogP contribution in [0.4, 0.5) is 10.2 Å². The normalized spacial score (nSPS) is 15.4. The van der Waals surface area contributed by atoms with Crippen LogP contribution in [0.1, 0.15) is 24.6 Å². The van der Waals surface area contributed by atoms with E-state index in [1.165, 1.54) is 6.07 Å². The van der Waals surface area contributed by atoms with E-state index >= 15 is 0 Å². The van der Waals surface area contributed by atoms with Crippen molar-refractivity contribution in [2.75, 3.05) is 18.0 Å². The predicted molar refractivity (Wildman–Crippen MR) is 106 cm³/mol. The highest BCUT2D eigenvalue weighted by Gasteiger charge is 2.22. The van der Waals surface area contributed by atoms with Gasteiger partial charge in [-0.3, -0.25) is 4.57 Å². The monoisotopic (exact) mass is 376 g/mol. The van der Waals surface area contributed by atoms with Gasteiger partial charge >= 0.3 is 0 Å². The third-order valence-electron chi connectivity index (χ3n) is 5.48. The fourth-order valence-electron chi connectivity index (χ4n) is 3.98. The Bertz CT molecular complexity index is 1110. The van der Waals surface area contributed by atoms with Gasteiger partial charge < -0.3 is 9.47 Å². The molecule has 0 atom stereocenters. The molecule has 0 unspecified atom stereocenters. The van der Waals surface area contributed by atoms with Crippen molar-refractivity contribution in [1.82, 2.24) is 24.3 Å². The van der Waals surface area contributed by atoms with Crippen LogP contribution in [-0.2, 0) is 0 Å². The minimum atomic E-state index is -0.187. The van der Waals surface area contributed by atoms with Gasteiger partial charge in [-0.25, -0.2) is 9.37 Å². The van der Waals surface area contributed by atoms with Crippen molar-refractivity contribution in [2.45, 2.75) is 25.8 Å². The molecule has 0 saturated carbocycles. The maximum absolute atomic E-state index is 13.7. The van der Waals surface area contributed by atoms with Gasteiger partial charge in [-0.1, -0.05) is 0 Å². The third-order valence-corrected chi connectivity index (χ3v) is 5.48. The number of anilines is 1. The van der Waals surface area contributed by atoms with Crippen LogP contribution in [0.15, 0.2) is 55.1 Å². The number of fused-ring (bicyclic) bond motifs is 1. The summed E-state index contributed by atoms with van der Waals surface area (Å²) in [6.45, 7) is 3.75. The maximum Gasteiger partial charge on any atom is 0.160 e. The molecule has 1 saturated heterocycles. The summed E-state index contributed by atoms with van der Waals surface area (Å²) in [7, 11) is 0. The average Bonchev–Trinajstić information content (AvgIpc) is 3.34. The van der Waals surface area contributed by atoms with E-state index in [0.717, 1.165) is 54.2 Å². The molecule has 1 aromatic carbocycles. The van der Waals surface area contributed by atoms with Crippen LogP contribution in [0.5, 0.6) is 0 Å². The minimum absolute atomic E-state index is 0.187. The summed E-state index contributed by atoms with van der Waals surface area (Å²) in [5.74, 6) is 1.47. The molecule has 4 heterocycles. The molecule has 0 bridgehead atoms. The molecule has 6 nitrogen and oxygen atoms in total. The zero-order chi connectivity index (χ0) is 19.1. The lowest BCUT2D eigenvalue weighted by Crippen LogP contribution is -2.35. The lowest BCUT2D eigenvalue weighted by atomic mass is 10.0. The van der Waals surface area contributed by atoms with Gasteiger partial charge in [0, 0.05) is 31.5 Å². The molecule has 0 amide bonds. The van der Waals surface area contributed by atoms with Crippen molar-refractivity contribution in [3.8, 4) is 5.82 Å². The standard InChI is InChI=1S/C21H21FN6/c1-15-13-27(14-23-15)21-5-4-20(24-25-21)26-9-7-18(8-10-26)28-11-6-16-2-3-17(22)12-19(16)28/h2-6,11-14,18H,7-10H2,1H3. The number of hydrogen-bond acceptors (Lipinski definition) is 4. The molecule has 1 fully saturated rings. The lowest BCUT2D eigenvalue weighted by Gasteiger charge is -2.33. The number of aryl methyl sites for hydroxylation is 1. The summed E-state index contributed by atoms with van der Waals surface area (Å²) in [6.07, 6.45) is 7.73. The fourth-order valence-corrected chi connectivity index (χ4v) is 3.98. The number of imidazole rings is 1. The van der Waals surface area contributed by atoms with E-state index in [1.54, 1.807) is 12.4 Å². The number of aromatic nitrogens is 5. The molecular weight excluding hydrogens is 355 g/mol. The first-order valence-corrected chi connectivity index (χ1v) is 9.53. The third kappa shape index (κ3) is 3.02. The molecule has 4 aromatic rings. The van der Waals surface area contributed by atoms with Crippen molar-refractivity contribution < 1.29 is 4.39 Å². The number of benzene rings is 1. The summed E-state index contributed by atoms with van der Waals surface area (Å²) >= 11 is 0. The smallest absolute Gasteiger partial charge is 0.160 e. The van der Waals surface area contributed by atoms with Crippen molar-refractivity contribution in [1.29, 1.82) is 0 Å². The second kappa shape index (κ2) is 6.74. The molecule has 0 aliphatic carbocycles. The molecule has 28 heavy (non-hydrogen) atoms. The van der Waals surface area contributed by atoms with Gasteiger partial charge in [-0.15, -0.1) is 10.2 Å². The first-order chi connectivity index (χ1) is 13.7. The van der Waals surface area contributed by atoms with Crippen LogP contribution in [-0.4, -0.2) is 37.4 Å². The molecule has 0 spiro atoms. The Hall–Kier alpha value is -3.22. The van der Waals surface area contributed by atoms with E-state index in [4.69, 9.17) is 0 Å². The summed E-state index contributed by atoms with van der Waals surface area (Å²) in [6, 6.07) is 11.4. The molecule has 0 N–H and O–H groups in total. The Kier molecular flexibility index (Phi) is 4.07. The molecule has 0 radical (unpaired) electrons. The fraction of sp³-hybridized carbons (Fsp3) is 0.286. The van der Waals surface area contributed by atoms with E-state index < -0.39 is 0 Å². The van der Waals surface area contributed by atoms with Gasteiger partial charge in [0.25, 0.3) is 0 Å². The van der Waals surface area contributed by atoms with Crippen LogP contribution >= 0.6 is 0 Å². The summed E-state index contributed by atoms with van der Waals surface area (Å²) in [4.78, 5) is 6.49. The van der Waals surface area contributed by atoms with Crippen molar-refractivity contribution >= 4 is 16.7 Å². The number of piperidine rings is 1. The highest BCUT2D eigenvalue weighted by molar-refractivity contribution is 5.80. The van der Waals surface area contributed by atoms with Gasteiger partial charge in [-0.2, -0.15) is 0 Å². The summed E-state index contributed by atoms with van der Waals surface area (Å²) in [5.41, 5.74) is 1.92. The maximum atomic E-state index is 13.7. The van der Waals surface area contributed by atoms with E-state index in [9.17, 15) is 4.39 Å². The highest BCUT2D eigenvalue weighted by atomic mass is 19.1. The second-order valence-electron chi connectivity index (χ2n) is 7.32. The number of hydrogen-bond donors (Lipinski definition) is 0. The SMILES string of the molecule is Cc1cn(-c2ccc(N3CCC(n4ccc5ccc(F)cc54)CC3)nn2)cn1. The van der Waals surface area contributed by atoms with Gasteiger partial charge in [0.05, 0.1) is 11.2 Å². The van der Waals surface area contributed by atoms with Crippen LogP contribution in [0.25, 0.3) is 16.7 Å². The van der Waals surface area contributed by atoms with E-state index in [0.29, 0.717) is 6.04 Å². The van der Waals surface area contributed by atoms with E-state index in [2.05, 4.69) is 36.9 Å². The predicted octanol–water partition coefficient (Wildman–Crippen LogP) is 3.91. The molecular formula is C21H21FN6. The number of nitrogens with zero attached hydrogens (tertiary/aromatic N) is 6. The zero-order valence-electron chi connectivity index (χ0n) is 15.7. The second-order valence-corrected chi connectivity index (χ2v) is 7.32. The molecule has 3 aromatic heterocycles.